The van der Waals surface area contributed by atoms with Gasteiger partial charge in [-0.2, -0.15) is 0 Å². The molecule has 1 atom stereocenters. The number of esters is 1. The number of fused-ring (bicyclic) bond motifs is 1. The normalized spacial score (nSPS) is 15.5. The lowest BCUT2D eigenvalue weighted by atomic mass is 9.96. The third-order valence-corrected chi connectivity index (χ3v) is 5.66. The number of nitrogens with one attached hydrogen (secondary N) is 2. The minimum Gasteiger partial charge on any atom is -0.453 e. The number of nitrogens with zero attached hydrogens (tertiary/aromatic N) is 3. The Bertz CT molecular complexity index is 1060. The number of hydrogen-bond donors (Lipinski definition) is 2. The summed E-state index contributed by atoms with van der Waals surface area (Å²) in [6.45, 7) is 5.94. The standard InChI is InChI=1S/C25H31N5O2/c1-16(2)27-23-22-19(15-26-25(30-22)28-20-12-8-5-9-13-20)14-21(29-23)17(3)32-24(31)18-10-6-4-7-11-18/h4,6-7,10-11,14-17,20H,5,8-9,12-13H2,1-3H3,(H,27,29)(H,26,28,30)/t17-/m1/s1. The molecule has 1 aliphatic carbocycles. The van der Waals surface area contributed by atoms with Crippen LogP contribution < -0.4 is 10.6 Å². The van der Waals surface area contributed by atoms with E-state index in [2.05, 4.69) is 29.5 Å². The molecule has 7 nitrogen and oxygen atoms in total. The van der Waals surface area contributed by atoms with Crippen molar-refractivity contribution in [3.8, 4) is 0 Å². The van der Waals surface area contributed by atoms with Gasteiger partial charge in [0.25, 0.3) is 0 Å². The van der Waals surface area contributed by atoms with Gasteiger partial charge in [0, 0.05) is 23.7 Å². The summed E-state index contributed by atoms with van der Waals surface area (Å²) < 4.78 is 5.67. The Kier molecular flexibility index (Phi) is 6.83. The van der Waals surface area contributed by atoms with Gasteiger partial charge in [-0.05, 0) is 51.8 Å². The van der Waals surface area contributed by atoms with Crippen LogP contribution in [0.1, 0.15) is 75.0 Å². The summed E-state index contributed by atoms with van der Waals surface area (Å²) in [4.78, 5) is 26.6. The minimum atomic E-state index is -0.514. The summed E-state index contributed by atoms with van der Waals surface area (Å²) in [5.74, 6) is 0.931. The third-order valence-electron chi connectivity index (χ3n) is 5.66. The monoisotopic (exact) mass is 433 g/mol. The maximum atomic E-state index is 12.5. The van der Waals surface area contributed by atoms with Gasteiger partial charge in [0.1, 0.15) is 11.6 Å². The highest BCUT2D eigenvalue weighted by Gasteiger charge is 2.19. The van der Waals surface area contributed by atoms with E-state index in [1.54, 1.807) is 12.1 Å². The summed E-state index contributed by atoms with van der Waals surface area (Å²) in [7, 11) is 0. The highest BCUT2D eigenvalue weighted by Crippen LogP contribution is 2.28. The highest BCUT2D eigenvalue weighted by atomic mass is 16.5. The van der Waals surface area contributed by atoms with Crippen LogP contribution in [0.2, 0.25) is 0 Å². The number of rotatable bonds is 7. The number of ether oxygens (including phenoxy) is 1. The zero-order valence-electron chi connectivity index (χ0n) is 19.0. The van der Waals surface area contributed by atoms with Crippen molar-refractivity contribution < 1.29 is 9.53 Å². The Balaban J connectivity index is 1.60. The molecule has 0 aliphatic heterocycles. The van der Waals surface area contributed by atoms with E-state index in [1.165, 1.54) is 19.3 Å². The average molecular weight is 434 g/mol. The lowest BCUT2D eigenvalue weighted by Crippen LogP contribution is -2.23. The fraction of sp³-hybridized carbons (Fsp3) is 0.440. The summed E-state index contributed by atoms with van der Waals surface area (Å²) in [5.41, 5.74) is 1.93. The Morgan fingerprint density at radius 3 is 2.53 bits per heavy atom. The van der Waals surface area contributed by atoms with E-state index in [4.69, 9.17) is 14.7 Å². The molecule has 2 aromatic heterocycles. The van der Waals surface area contributed by atoms with Crippen LogP contribution in [-0.4, -0.2) is 33.0 Å². The van der Waals surface area contributed by atoms with Gasteiger partial charge < -0.3 is 15.4 Å². The Hall–Kier alpha value is -3.22. The average Bonchev–Trinajstić information content (AvgIpc) is 2.80. The van der Waals surface area contributed by atoms with Crippen molar-refractivity contribution in [2.75, 3.05) is 10.6 Å². The van der Waals surface area contributed by atoms with E-state index in [-0.39, 0.29) is 12.0 Å². The van der Waals surface area contributed by atoms with Crippen LogP contribution in [0.5, 0.6) is 0 Å². The number of carbonyl (C=O) groups is 1. The van der Waals surface area contributed by atoms with Gasteiger partial charge in [0.05, 0.1) is 11.3 Å². The molecule has 7 heteroatoms. The summed E-state index contributed by atoms with van der Waals surface area (Å²) in [6.07, 6.45) is 7.40. The first kappa shape index (κ1) is 22.0. The quantitative estimate of drug-likeness (QED) is 0.475. The fourth-order valence-corrected chi connectivity index (χ4v) is 4.00. The summed E-state index contributed by atoms with van der Waals surface area (Å²) in [5, 5.41) is 7.73. The number of pyridine rings is 1. The zero-order chi connectivity index (χ0) is 22.5. The minimum absolute atomic E-state index is 0.174. The van der Waals surface area contributed by atoms with Crippen molar-refractivity contribution in [3.05, 3.63) is 53.9 Å². The number of anilines is 2. The van der Waals surface area contributed by atoms with Crippen LogP contribution in [-0.2, 0) is 4.74 Å². The fourth-order valence-electron chi connectivity index (χ4n) is 4.00. The van der Waals surface area contributed by atoms with Gasteiger partial charge in [-0.3, -0.25) is 0 Å². The zero-order valence-corrected chi connectivity index (χ0v) is 19.0. The molecule has 32 heavy (non-hydrogen) atoms. The second-order valence-electron chi connectivity index (χ2n) is 8.72. The molecule has 0 unspecified atom stereocenters. The molecule has 0 amide bonds. The van der Waals surface area contributed by atoms with Gasteiger partial charge >= 0.3 is 5.97 Å². The first-order valence-electron chi connectivity index (χ1n) is 11.5. The molecule has 0 spiro atoms. The van der Waals surface area contributed by atoms with Crippen LogP contribution in [0.25, 0.3) is 10.9 Å². The van der Waals surface area contributed by atoms with Crippen LogP contribution in [0.4, 0.5) is 11.8 Å². The first-order chi connectivity index (χ1) is 15.5. The van der Waals surface area contributed by atoms with E-state index in [9.17, 15) is 4.79 Å². The molecule has 0 bridgehead atoms. The molecule has 2 heterocycles. The molecule has 3 aromatic rings. The van der Waals surface area contributed by atoms with Crippen molar-refractivity contribution in [1.82, 2.24) is 15.0 Å². The SMILES string of the molecule is CC(C)Nc1nc([C@@H](C)OC(=O)c2ccccc2)cc2cnc(NC3CCCCC3)nc12. The van der Waals surface area contributed by atoms with Crippen LogP contribution in [0.3, 0.4) is 0 Å². The third kappa shape index (κ3) is 5.33. The Labute approximate surface area is 189 Å². The van der Waals surface area contributed by atoms with Gasteiger partial charge in [-0.1, -0.05) is 37.5 Å². The highest BCUT2D eigenvalue weighted by molar-refractivity contribution is 5.90. The predicted octanol–water partition coefficient (Wildman–Crippen LogP) is 5.51. The Morgan fingerprint density at radius 1 is 1.06 bits per heavy atom. The number of hydrogen-bond acceptors (Lipinski definition) is 7. The molecule has 1 aromatic carbocycles. The number of carbonyl (C=O) groups excluding carboxylic acids is 1. The van der Waals surface area contributed by atoms with Gasteiger partial charge in [0.2, 0.25) is 5.95 Å². The van der Waals surface area contributed by atoms with Crippen molar-refractivity contribution in [3.63, 3.8) is 0 Å². The molecule has 2 N–H and O–H groups in total. The topological polar surface area (TPSA) is 89.0 Å². The van der Waals surface area contributed by atoms with Gasteiger partial charge in [0.15, 0.2) is 5.82 Å². The molecule has 4 rings (SSSR count). The maximum absolute atomic E-state index is 12.5. The van der Waals surface area contributed by atoms with Crippen molar-refractivity contribution >= 4 is 28.6 Å². The molecule has 0 radical (unpaired) electrons. The van der Waals surface area contributed by atoms with Crippen LogP contribution in [0.15, 0.2) is 42.6 Å². The van der Waals surface area contributed by atoms with E-state index in [0.29, 0.717) is 29.1 Å². The smallest absolute Gasteiger partial charge is 0.338 e. The van der Waals surface area contributed by atoms with E-state index < -0.39 is 6.10 Å². The van der Waals surface area contributed by atoms with Gasteiger partial charge in [-0.15, -0.1) is 0 Å². The second kappa shape index (κ2) is 9.94. The largest absolute Gasteiger partial charge is 0.453 e. The number of aromatic nitrogens is 3. The molecule has 0 saturated heterocycles. The maximum Gasteiger partial charge on any atom is 0.338 e. The Morgan fingerprint density at radius 2 is 1.81 bits per heavy atom. The van der Waals surface area contributed by atoms with E-state index >= 15 is 0 Å². The number of benzene rings is 1. The molecule has 1 saturated carbocycles. The molecule has 1 aliphatic rings. The first-order valence-corrected chi connectivity index (χ1v) is 11.5. The van der Waals surface area contributed by atoms with Crippen molar-refractivity contribution in [1.29, 1.82) is 0 Å². The molecule has 168 valence electrons. The predicted molar refractivity (Wildman–Crippen MR) is 127 cm³/mol. The van der Waals surface area contributed by atoms with Crippen molar-refractivity contribution in [2.24, 2.45) is 0 Å². The van der Waals surface area contributed by atoms with Crippen molar-refractivity contribution in [2.45, 2.75) is 71.1 Å². The summed E-state index contributed by atoms with van der Waals surface area (Å²) in [6, 6.07) is 11.5. The van der Waals surface area contributed by atoms with Crippen LogP contribution in [0, 0.1) is 0 Å². The van der Waals surface area contributed by atoms with E-state index in [1.807, 2.05) is 37.4 Å². The summed E-state index contributed by atoms with van der Waals surface area (Å²) >= 11 is 0. The lowest BCUT2D eigenvalue weighted by Gasteiger charge is -2.23. The lowest BCUT2D eigenvalue weighted by molar-refractivity contribution is 0.0330. The van der Waals surface area contributed by atoms with Crippen LogP contribution >= 0.6 is 0 Å². The molecule has 1 fully saturated rings. The molecular formula is C25H31N5O2. The molecular weight excluding hydrogens is 402 g/mol. The second-order valence-corrected chi connectivity index (χ2v) is 8.72. The van der Waals surface area contributed by atoms with E-state index in [0.717, 1.165) is 23.7 Å². The van der Waals surface area contributed by atoms with Gasteiger partial charge in [-0.25, -0.2) is 19.7 Å².